The highest BCUT2D eigenvalue weighted by Gasteiger charge is 2.11. The third-order valence-corrected chi connectivity index (χ3v) is 4.81. The summed E-state index contributed by atoms with van der Waals surface area (Å²) in [5, 5.41) is 13.6. The molecule has 2 N–H and O–H groups in total. The molecule has 1 heterocycles. The average molecular weight is 291 g/mol. The van der Waals surface area contributed by atoms with Crippen LogP contribution in [0.25, 0.3) is 21.7 Å². The van der Waals surface area contributed by atoms with Crippen molar-refractivity contribution in [2.75, 3.05) is 0 Å². The first-order valence-electron chi connectivity index (χ1n) is 6.77. The van der Waals surface area contributed by atoms with Crippen LogP contribution >= 0.6 is 11.8 Å². The summed E-state index contributed by atoms with van der Waals surface area (Å²) in [7, 11) is 0. The van der Waals surface area contributed by atoms with Crippen molar-refractivity contribution in [2.24, 2.45) is 0 Å². The standard InChI is InChI=1S/C18H13NOS/c20-16-10-9-12-5-1-2-6-13(12)18(16)21-17-11-19-15-8-4-3-7-14(15)17/h1-11,19-20H. The Morgan fingerprint density at radius 2 is 1.57 bits per heavy atom. The van der Waals surface area contributed by atoms with Gasteiger partial charge in [-0.3, -0.25) is 0 Å². The number of H-pyrrole nitrogens is 1. The highest BCUT2D eigenvalue weighted by atomic mass is 32.2. The lowest BCUT2D eigenvalue weighted by atomic mass is 10.1. The fourth-order valence-electron chi connectivity index (χ4n) is 2.58. The Labute approximate surface area is 126 Å². The molecule has 3 aromatic carbocycles. The Bertz CT molecular complexity index is 942. The van der Waals surface area contributed by atoms with E-state index in [1.165, 1.54) is 5.39 Å². The summed E-state index contributed by atoms with van der Waals surface area (Å²) in [5.74, 6) is 0.323. The van der Waals surface area contributed by atoms with Gasteiger partial charge in [0.1, 0.15) is 5.75 Å². The van der Waals surface area contributed by atoms with Crippen LogP contribution in [0.1, 0.15) is 0 Å². The van der Waals surface area contributed by atoms with Gasteiger partial charge in [0.15, 0.2) is 0 Å². The molecule has 3 heteroatoms. The molecule has 21 heavy (non-hydrogen) atoms. The van der Waals surface area contributed by atoms with Crippen molar-refractivity contribution in [3.05, 3.63) is 66.9 Å². The molecule has 102 valence electrons. The highest BCUT2D eigenvalue weighted by molar-refractivity contribution is 8.00. The van der Waals surface area contributed by atoms with Gasteiger partial charge in [-0.15, -0.1) is 0 Å². The van der Waals surface area contributed by atoms with Crippen LogP contribution in [0.4, 0.5) is 0 Å². The number of nitrogens with one attached hydrogen (secondary N) is 1. The molecular formula is C18H13NOS. The molecule has 0 amide bonds. The fourth-order valence-corrected chi connectivity index (χ4v) is 3.67. The molecule has 0 aliphatic carbocycles. The second-order valence-corrected chi connectivity index (χ2v) is 5.99. The van der Waals surface area contributed by atoms with Crippen molar-refractivity contribution < 1.29 is 5.11 Å². The van der Waals surface area contributed by atoms with Crippen LogP contribution in [-0.2, 0) is 0 Å². The molecule has 0 aliphatic heterocycles. The fraction of sp³-hybridized carbons (Fsp3) is 0. The maximum absolute atomic E-state index is 10.2. The van der Waals surface area contributed by atoms with Gasteiger partial charge in [0, 0.05) is 22.0 Å². The molecule has 0 bridgehead atoms. The number of fused-ring (bicyclic) bond motifs is 2. The van der Waals surface area contributed by atoms with Gasteiger partial charge in [-0.25, -0.2) is 0 Å². The minimum atomic E-state index is 0.323. The Hall–Kier alpha value is -2.39. The molecule has 0 unspecified atom stereocenters. The SMILES string of the molecule is Oc1ccc2ccccc2c1Sc1c[nH]c2ccccc12. The lowest BCUT2D eigenvalue weighted by molar-refractivity contribution is 0.464. The van der Waals surface area contributed by atoms with Crippen molar-refractivity contribution in [3.8, 4) is 5.75 Å². The van der Waals surface area contributed by atoms with E-state index in [1.807, 2.05) is 42.6 Å². The number of phenolic OH excluding ortho intramolecular Hbond substituents is 1. The zero-order chi connectivity index (χ0) is 14.2. The third-order valence-electron chi connectivity index (χ3n) is 3.62. The van der Waals surface area contributed by atoms with Crippen LogP contribution in [0.5, 0.6) is 5.75 Å². The van der Waals surface area contributed by atoms with Gasteiger partial charge in [-0.1, -0.05) is 60.3 Å². The van der Waals surface area contributed by atoms with Crippen LogP contribution in [0, 0.1) is 0 Å². The molecule has 0 atom stereocenters. The van der Waals surface area contributed by atoms with Gasteiger partial charge in [0.25, 0.3) is 0 Å². The van der Waals surface area contributed by atoms with Crippen molar-refractivity contribution >= 4 is 33.4 Å². The van der Waals surface area contributed by atoms with E-state index < -0.39 is 0 Å². The van der Waals surface area contributed by atoms with Crippen molar-refractivity contribution in [2.45, 2.75) is 9.79 Å². The Morgan fingerprint density at radius 1 is 0.810 bits per heavy atom. The number of hydrogen-bond acceptors (Lipinski definition) is 2. The first kappa shape index (κ1) is 12.4. The Morgan fingerprint density at radius 3 is 2.48 bits per heavy atom. The monoisotopic (exact) mass is 291 g/mol. The predicted octanol–water partition coefficient (Wildman–Crippen LogP) is 5.18. The topological polar surface area (TPSA) is 36.0 Å². The van der Waals surface area contributed by atoms with Crippen LogP contribution < -0.4 is 0 Å². The number of rotatable bonds is 2. The van der Waals surface area contributed by atoms with Gasteiger partial charge in [-0.2, -0.15) is 0 Å². The van der Waals surface area contributed by atoms with Gasteiger partial charge in [0.2, 0.25) is 0 Å². The van der Waals surface area contributed by atoms with E-state index in [-0.39, 0.29) is 0 Å². The van der Waals surface area contributed by atoms with E-state index >= 15 is 0 Å². The summed E-state index contributed by atoms with van der Waals surface area (Å²) >= 11 is 1.60. The maximum atomic E-state index is 10.2. The number of aromatic nitrogens is 1. The smallest absolute Gasteiger partial charge is 0.130 e. The molecule has 1 aromatic heterocycles. The van der Waals surface area contributed by atoms with Crippen LogP contribution in [0.3, 0.4) is 0 Å². The molecule has 0 spiro atoms. The molecular weight excluding hydrogens is 278 g/mol. The van der Waals surface area contributed by atoms with E-state index in [0.29, 0.717) is 5.75 Å². The molecule has 2 nitrogen and oxygen atoms in total. The second-order valence-electron chi connectivity index (χ2n) is 4.94. The van der Waals surface area contributed by atoms with Crippen LogP contribution in [0.15, 0.2) is 76.7 Å². The van der Waals surface area contributed by atoms with E-state index in [9.17, 15) is 5.11 Å². The quantitative estimate of drug-likeness (QED) is 0.534. The maximum Gasteiger partial charge on any atom is 0.130 e. The lowest BCUT2D eigenvalue weighted by Crippen LogP contribution is -1.79. The minimum absolute atomic E-state index is 0.323. The number of benzene rings is 3. The van der Waals surface area contributed by atoms with Crippen molar-refractivity contribution in [1.82, 2.24) is 4.98 Å². The Kier molecular flexibility index (Phi) is 2.86. The number of hydrogen-bond donors (Lipinski definition) is 2. The summed E-state index contributed by atoms with van der Waals surface area (Å²) in [6.45, 7) is 0. The molecule has 0 saturated carbocycles. The molecule has 0 fully saturated rings. The minimum Gasteiger partial charge on any atom is -0.507 e. The van der Waals surface area contributed by atoms with E-state index in [4.69, 9.17) is 0 Å². The van der Waals surface area contributed by atoms with Crippen LogP contribution in [-0.4, -0.2) is 10.1 Å². The summed E-state index contributed by atoms with van der Waals surface area (Å²) in [6, 6.07) is 20.0. The molecule has 0 saturated heterocycles. The largest absolute Gasteiger partial charge is 0.507 e. The lowest BCUT2D eigenvalue weighted by Gasteiger charge is -2.08. The second kappa shape index (κ2) is 4.86. The first-order chi connectivity index (χ1) is 10.3. The number of phenols is 1. The molecule has 0 radical (unpaired) electrons. The molecule has 4 aromatic rings. The molecule has 0 aliphatic rings. The third kappa shape index (κ3) is 2.06. The summed E-state index contributed by atoms with van der Waals surface area (Å²) < 4.78 is 0. The number of para-hydroxylation sites is 1. The van der Waals surface area contributed by atoms with E-state index in [2.05, 4.69) is 23.2 Å². The summed E-state index contributed by atoms with van der Waals surface area (Å²) in [5.41, 5.74) is 1.11. The molecule has 4 rings (SSSR count). The van der Waals surface area contributed by atoms with Crippen molar-refractivity contribution in [3.63, 3.8) is 0 Å². The van der Waals surface area contributed by atoms with Gasteiger partial charge in [0.05, 0.1) is 4.90 Å². The number of aromatic hydroxyl groups is 1. The average Bonchev–Trinajstić information content (AvgIpc) is 2.93. The zero-order valence-corrected chi connectivity index (χ0v) is 12.0. The van der Waals surface area contributed by atoms with Gasteiger partial charge in [-0.05, 0) is 22.9 Å². The normalized spacial score (nSPS) is 11.2. The highest BCUT2D eigenvalue weighted by Crippen LogP contribution is 2.42. The summed E-state index contributed by atoms with van der Waals surface area (Å²) in [4.78, 5) is 5.30. The zero-order valence-electron chi connectivity index (χ0n) is 11.2. The van der Waals surface area contributed by atoms with Gasteiger partial charge >= 0.3 is 0 Å². The van der Waals surface area contributed by atoms with E-state index in [0.717, 1.165) is 26.1 Å². The summed E-state index contributed by atoms with van der Waals surface area (Å²) in [6.07, 6.45) is 2.00. The van der Waals surface area contributed by atoms with Crippen molar-refractivity contribution in [1.29, 1.82) is 0 Å². The van der Waals surface area contributed by atoms with Gasteiger partial charge < -0.3 is 10.1 Å². The predicted molar refractivity (Wildman–Crippen MR) is 88.0 cm³/mol. The Balaban J connectivity index is 1.89. The first-order valence-corrected chi connectivity index (χ1v) is 7.59. The number of aromatic amines is 1. The van der Waals surface area contributed by atoms with E-state index in [1.54, 1.807) is 17.8 Å². The van der Waals surface area contributed by atoms with Crippen LogP contribution in [0.2, 0.25) is 0 Å².